The number of rotatable bonds is 7. The molecule has 1 aromatic rings. The number of nitrogens with zero attached hydrogens (tertiary/aromatic N) is 2. The number of nitrogens with one attached hydrogen (secondary N) is 1. The molecule has 0 radical (unpaired) electrons. The van der Waals surface area contributed by atoms with Gasteiger partial charge < -0.3 is 25.3 Å². The molecule has 144 valence electrons. The van der Waals surface area contributed by atoms with E-state index in [0.29, 0.717) is 24.7 Å². The summed E-state index contributed by atoms with van der Waals surface area (Å²) >= 11 is 0. The van der Waals surface area contributed by atoms with Crippen molar-refractivity contribution in [3.63, 3.8) is 0 Å². The van der Waals surface area contributed by atoms with E-state index in [9.17, 15) is 4.79 Å². The Labute approximate surface area is 157 Å². The van der Waals surface area contributed by atoms with Gasteiger partial charge in [-0.05, 0) is 18.6 Å². The van der Waals surface area contributed by atoms with Crippen LogP contribution in [0.15, 0.2) is 48.7 Å². The Balaban J connectivity index is 0.00000105. The van der Waals surface area contributed by atoms with Gasteiger partial charge in [0.2, 0.25) is 0 Å². The van der Waals surface area contributed by atoms with Gasteiger partial charge in [-0.15, -0.1) is 0 Å². The van der Waals surface area contributed by atoms with Crippen molar-refractivity contribution >= 4 is 11.6 Å². The van der Waals surface area contributed by atoms with Crippen LogP contribution in [0.2, 0.25) is 0 Å². The molecule has 6 nitrogen and oxygen atoms in total. The number of amides is 1. The Kier molecular flexibility index (Phi) is 9.12. The van der Waals surface area contributed by atoms with Crippen molar-refractivity contribution in [3.05, 3.63) is 54.3 Å². The Morgan fingerprint density at radius 2 is 2.12 bits per heavy atom. The van der Waals surface area contributed by atoms with E-state index >= 15 is 0 Å². The molecular formula is C20H32N4O2. The fourth-order valence-electron chi connectivity index (χ4n) is 2.33. The number of anilines is 1. The van der Waals surface area contributed by atoms with Gasteiger partial charge in [-0.3, -0.25) is 4.79 Å². The van der Waals surface area contributed by atoms with Crippen molar-refractivity contribution in [2.75, 3.05) is 26.0 Å². The first-order chi connectivity index (χ1) is 12.4. The van der Waals surface area contributed by atoms with Crippen molar-refractivity contribution < 1.29 is 9.53 Å². The van der Waals surface area contributed by atoms with E-state index < -0.39 is 0 Å². The van der Waals surface area contributed by atoms with E-state index in [2.05, 4.69) is 31.8 Å². The Bertz CT molecular complexity index is 657. The second kappa shape index (κ2) is 11.1. The van der Waals surface area contributed by atoms with Crippen molar-refractivity contribution in [1.82, 2.24) is 9.47 Å². The van der Waals surface area contributed by atoms with Crippen LogP contribution in [-0.2, 0) is 11.3 Å². The molecule has 1 aliphatic rings. The number of ether oxygens (including phenoxy) is 1. The monoisotopic (exact) mass is 360 g/mol. The van der Waals surface area contributed by atoms with E-state index in [1.54, 1.807) is 25.1 Å². The molecule has 0 fully saturated rings. The molecule has 1 amide bonds. The Hall–Kier alpha value is -2.63. The second-order valence-corrected chi connectivity index (χ2v) is 6.31. The number of nitrogens with two attached hydrogens (primary N) is 1. The van der Waals surface area contributed by atoms with Crippen LogP contribution in [0.25, 0.3) is 0 Å². The maximum absolute atomic E-state index is 12.3. The molecule has 0 aromatic carbocycles. The summed E-state index contributed by atoms with van der Waals surface area (Å²) in [5.74, 6) is 1.25. The Morgan fingerprint density at radius 1 is 1.42 bits per heavy atom. The molecule has 1 aliphatic carbocycles. The van der Waals surface area contributed by atoms with Gasteiger partial charge in [-0.1, -0.05) is 39.0 Å². The van der Waals surface area contributed by atoms with E-state index in [1.807, 2.05) is 22.9 Å². The molecule has 0 saturated heterocycles. The normalized spacial score (nSPS) is 12.5. The first-order valence-electron chi connectivity index (χ1n) is 9.00. The molecule has 0 saturated carbocycles. The van der Waals surface area contributed by atoms with Gasteiger partial charge >= 0.3 is 0 Å². The maximum atomic E-state index is 12.3. The lowest BCUT2D eigenvalue weighted by Gasteiger charge is -2.15. The van der Waals surface area contributed by atoms with Crippen molar-refractivity contribution in [3.8, 4) is 0 Å². The summed E-state index contributed by atoms with van der Waals surface area (Å²) in [6, 6.07) is 1.77. The molecule has 0 aliphatic heterocycles. The number of aromatic nitrogens is 1. The highest BCUT2D eigenvalue weighted by Crippen LogP contribution is 2.17. The molecule has 0 bridgehead atoms. The minimum Gasteiger partial charge on any atom is -0.496 e. The Morgan fingerprint density at radius 3 is 2.65 bits per heavy atom. The van der Waals surface area contributed by atoms with E-state index in [-0.39, 0.29) is 5.91 Å². The van der Waals surface area contributed by atoms with E-state index in [4.69, 9.17) is 10.5 Å². The van der Waals surface area contributed by atoms with Crippen LogP contribution < -0.4 is 11.1 Å². The lowest BCUT2D eigenvalue weighted by Crippen LogP contribution is -2.25. The lowest BCUT2D eigenvalue weighted by molar-refractivity contribution is 0.0815. The van der Waals surface area contributed by atoms with Crippen LogP contribution in [0, 0.1) is 0 Å². The van der Waals surface area contributed by atoms with Gasteiger partial charge in [0.1, 0.15) is 12.3 Å². The summed E-state index contributed by atoms with van der Waals surface area (Å²) in [5.41, 5.74) is 6.89. The summed E-state index contributed by atoms with van der Waals surface area (Å²) in [6.07, 6.45) is 11.1. The minimum atomic E-state index is -0.0690. The zero-order valence-corrected chi connectivity index (χ0v) is 16.4. The van der Waals surface area contributed by atoms with E-state index in [0.717, 1.165) is 24.3 Å². The smallest absolute Gasteiger partial charge is 0.270 e. The number of hydrogen-bond acceptors (Lipinski definition) is 4. The number of carbonyl (C=O) groups excluding carboxylic acids is 1. The summed E-state index contributed by atoms with van der Waals surface area (Å²) in [7, 11) is 3.45. The van der Waals surface area contributed by atoms with Gasteiger partial charge in [0.05, 0.1) is 23.8 Å². The minimum absolute atomic E-state index is 0.0690. The van der Waals surface area contributed by atoms with Crippen molar-refractivity contribution in [2.24, 2.45) is 5.73 Å². The molecule has 6 heteroatoms. The molecule has 0 unspecified atom stereocenters. The predicted octanol–water partition coefficient (Wildman–Crippen LogP) is 3.70. The topological polar surface area (TPSA) is 72.5 Å². The number of allylic oxidation sites excluding steroid dienone is 4. The van der Waals surface area contributed by atoms with Crippen LogP contribution in [0.1, 0.15) is 43.6 Å². The average Bonchev–Trinajstić information content (AvgIpc) is 2.97. The fraction of sp³-hybridized carbons (Fsp3) is 0.450. The predicted molar refractivity (Wildman–Crippen MR) is 108 cm³/mol. The summed E-state index contributed by atoms with van der Waals surface area (Å²) in [6.45, 7) is 8.95. The van der Waals surface area contributed by atoms with Gasteiger partial charge in [-0.2, -0.15) is 0 Å². The quantitative estimate of drug-likeness (QED) is 0.778. The van der Waals surface area contributed by atoms with Crippen LogP contribution in [0.5, 0.6) is 0 Å². The van der Waals surface area contributed by atoms with Crippen LogP contribution in [-0.4, -0.2) is 36.1 Å². The maximum Gasteiger partial charge on any atom is 0.270 e. The highest BCUT2D eigenvalue weighted by Gasteiger charge is 2.16. The molecule has 1 aromatic heterocycles. The zero-order valence-electron chi connectivity index (χ0n) is 16.4. The van der Waals surface area contributed by atoms with Crippen molar-refractivity contribution in [2.45, 2.75) is 39.7 Å². The van der Waals surface area contributed by atoms with Crippen LogP contribution >= 0.6 is 0 Å². The lowest BCUT2D eigenvalue weighted by atomic mass is 10.2. The molecule has 1 heterocycles. The molecule has 0 atom stereocenters. The second-order valence-electron chi connectivity index (χ2n) is 6.31. The number of hydrogen-bond donors (Lipinski definition) is 2. The SMILES string of the molecule is C=C(N)Nc1cc(C(=O)N(C)C)n(CCOC2=CC=CCC2)c1.CCC. The van der Waals surface area contributed by atoms with E-state index in [1.165, 1.54) is 6.42 Å². The van der Waals surface area contributed by atoms with Gasteiger partial charge in [0, 0.05) is 26.7 Å². The summed E-state index contributed by atoms with van der Waals surface area (Å²) in [5, 5.41) is 2.93. The molecule has 26 heavy (non-hydrogen) atoms. The third-order valence-electron chi connectivity index (χ3n) is 3.42. The molecule has 2 rings (SSSR count). The molecule has 3 N–H and O–H groups in total. The third kappa shape index (κ3) is 7.09. The first kappa shape index (κ1) is 21.4. The summed E-state index contributed by atoms with van der Waals surface area (Å²) < 4.78 is 7.64. The zero-order chi connectivity index (χ0) is 19.5. The first-order valence-corrected chi connectivity index (χ1v) is 9.00. The van der Waals surface area contributed by atoms with Gasteiger partial charge in [-0.25, -0.2) is 0 Å². The molecular weight excluding hydrogens is 328 g/mol. The third-order valence-corrected chi connectivity index (χ3v) is 3.42. The highest BCUT2D eigenvalue weighted by molar-refractivity contribution is 5.93. The van der Waals surface area contributed by atoms with Gasteiger partial charge in [0.15, 0.2) is 0 Å². The highest BCUT2D eigenvalue weighted by atomic mass is 16.5. The van der Waals surface area contributed by atoms with Crippen LogP contribution in [0.4, 0.5) is 5.69 Å². The largest absolute Gasteiger partial charge is 0.496 e. The average molecular weight is 361 g/mol. The standard InChI is InChI=1S/C17H24N4O2.C3H8/c1-13(18)19-14-11-16(17(22)20(2)3)21(12-14)9-10-23-15-7-5-4-6-8-15;1-3-2/h4-5,7,11-12,19H,1,6,8-10,18H2,2-3H3;3H2,1-2H3. The van der Waals surface area contributed by atoms with Crippen LogP contribution in [0.3, 0.4) is 0 Å². The summed E-state index contributed by atoms with van der Waals surface area (Å²) in [4.78, 5) is 13.8. The van der Waals surface area contributed by atoms with Gasteiger partial charge in [0.25, 0.3) is 5.91 Å². The number of carbonyl (C=O) groups is 1. The van der Waals surface area contributed by atoms with Crippen molar-refractivity contribution in [1.29, 1.82) is 0 Å². The fourth-order valence-corrected chi connectivity index (χ4v) is 2.33. The molecule has 0 spiro atoms.